The standard InChI is InChI=1S/C18H19FN2O3/c1-2-23-17-8-3-5-13(20-17)11-18(22)21-9-10-24-16-7-4-6-15(19)14(16)12-21/h3-8H,2,9-12H2,1H3. The Hall–Kier alpha value is -2.63. The molecule has 2 aromatic rings. The van der Waals surface area contributed by atoms with E-state index in [4.69, 9.17) is 9.47 Å². The third-order valence-corrected chi connectivity index (χ3v) is 3.80. The summed E-state index contributed by atoms with van der Waals surface area (Å²) in [4.78, 5) is 18.5. The summed E-state index contributed by atoms with van der Waals surface area (Å²) in [5.74, 6) is 0.527. The molecule has 0 aliphatic carbocycles. The minimum absolute atomic E-state index is 0.115. The van der Waals surface area contributed by atoms with E-state index in [2.05, 4.69) is 4.98 Å². The maximum absolute atomic E-state index is 14.0. The molecule has 0 saturated carbocycles. The van der Waals surface area contributed by atoms with Crippen molar-refractivity contribution in [1.82, 2.24) is 9.88 Å². The van der Waals surface area contributed by atoms with Crippen LogP contribution in [0, 0.1) is 5.82 Å². The Bertz CT molecular complexity index is 736. The molecule has 1 amide bonds. The summed E-state index contributed by atoms with van der Waals surface area (Å²) >= 11 is 0. The molecule has 2 heterocycles. The predicted octanol–water partition coefficient (Wildman–Crippen LogP) is 2.58. The maximum atomic E-state index is 14.0. The number of rotatable bonds is 4. The van der Waals surface area contributed by atoms with Crippen LogP contribution in [0.4, 0.5) is 4.39 Å². The van der Waals surface area contributed by atoms with Crippen molar-refractivity contribution < 1.29 is 18.7 Å². The second-order valence-corrected chi connectivity index (χ2v) is 5.46. The first-order valence-electron chi connectivity index (χ1n) is 7.94. The third-order valence-electron chi connectivity index (χ3n) is 3.80. The smallest absolute Gasteiger partial charge is 0.229 e. The molecule has 0 radical (unpaired) electrons. The summed E-state index contributed by atoms with van der Waals surface area (Å²) in [6, 6.07) is 10.0. The van der Waals surface area contributed by atoms with Gasteiger partial charge in [-0.1, -0.05) is 12.1 Å². The Balaban J connectivity index is 1.73. The molecule has 1 aromatic carbocycles. The van der Waals surface area contributed by atoms with Crippen LogP contribution in [-0.4, -0.2) is 35.5 Å². The molecule has 0 spiro atoms. The lowest BCUT2D eigenvalue weighted by atomic mass is 10.1. The van der Waals surface area contributed by atoms with Crippen LogP contribution in [0.3, 0.4) is 0 Å². The van der Waals surface area contributed by atoms with Gasteiger partial charge in [0.05, 0.1) is 31.8 Å². The monoisotopic (exact) mass is 330 g/mol. The van der Waals surface area contributed by atoms with Crippen LogP contribution < -0.4 is 9.47 Å². The Morgan fingerprint density at radius 3 is 3.00 bits per heavy atom. The third kappa shape index (κ3) is 3.64. The number of pyridine rings is 1. The highest BCUT2D eigenvalue weighted by atomic mass is 19.1. The van der Waals surface area contributed by atoms with Crippen LogP contribution in [0.25, 0.3) is 0 Å². The van der Waals surface area contributed by atoms with E-state index < -0.39 is 0 Å². The normalized spacial score (nSPS) is 13.7. The maximum Gasteiger partial charge on any atom is 0.229 e. The van der Waals surface area contributed by atoms with Crippen molar-refractivity contribution >= 4 is 5.91 Å². The Labute approximate surface area is 140 Å². The molecule has 126 valence electrons. The first kappa shape index (κ1) is 16.2. The summed E-state index contributed by atoms with van der Waals surface area (Å²) in [6.45, 7) is 3.35. The number of amides is 1. The average Bonchev–Trinajstić information content (AvgIpc) is 2.79. The van der Waals surface area contributed by atoms with Gasteiger partial charge in [-0.3, -0.25) is 4.79 Å². The zero-order valence-electron chi connectivity index (χ0n) is 13.5. The van der Waals surface area contributed by atoms with E-state index in [1.54, 1.807) is 35.2 Å². The van der Waals surface area contributed by atoms with Crippen molar-refractivity contribution in [2.45, 2.75) is 19.9 Å². The van der Waals surface area contributed by atoms with Crippen molar-refractivity contribution in [3.63, 3.8) is 0 Å². The van der Waals surface area contributed by atoms with E-state index in [-0.39, 0.29) is 24.7 Å². The molecule has 5 nitrogen and oxygen atoms in total. The van der Waals surface area contributed by atoms with Gasteiger partial charge in [-0.25, -0.2) is 9.37 Å². The van der Waals surface area contributed by atoms with E-state index in [0.29, 0.717) is 42.6 Å². The summed E-state index contributed by atoms with van der Waals surface area (Å²) in [6.07, 6.45) is 0.144. The number of fused-ring (bicyclic) bond motifs is 1. The van der Waals surface area contributed by atoms with Crippen LogP contribution >= 0.6 is 0 Å². The van der Waals surface area contributed by atoms with E-state index in [1.807, 2.05) is 6.92 Å². The van der Waals surface area contributed by atoms with Gasteiger partial charge in [-0.15, -0.1) is 0 Å². The van der Waals surface area contributed by atoms with Crippen LogP contribution in [0.15, 0.2) is 36.4 Å². The molecule has 3 rings (SSSR count). The zero-order chi connectivity index (χ0) is 16.9. The summed E-state index contributed by atoms with van der Waals surface area (Å²) in [7, 11) is 0. The molecule has 24 heavy (non-hydrogen) atoms. The SMILES string of the molecule is CCOc1cccc(CC(=O)N2CCOc3cccc(F)c3C2)n1. The van der Waals surface area contributed by atoms with Gasteiger partial charge in [0, 0.05) is 11.6 Å². The number of halogens is 1. The van der Waals surface area contributed by atoms with Gasteiger partial charge in [0.1, 0.15) is 18.2 Å². The van der Waals surface area contributed by atoms with Crippen molar-refractivity contribution in [1.29, 1.82) is 0 Å². The first-order valence-corrected chi connectivity index (χ1v) is 7.94. The number of carbonyl (C=O) groups excluding carboxylic acids is 1. The highest BCUT2D eigenvalue weighted by molar-refractivity contribution is 5.78. The number of ether oxygens (including phenoxy) is 2. The molecule has 0 N–H and O–H groups in total. The van der Waals surface area contributed by atoms with Gasteiger partial charge in [0.25, 0.3) is 0 Å². The van der Waals surface area contributed by atoms with Gasteiger partial charge >= 0.3 is 0 Å². The molecule has 0 unspecified atom stereocenters. The zero-order valence-corrected chi connectivity index (χ0v) is 13.5. The van der Waals surface area contributed by atoms with Crippen molar-refractivity contribution in [2.24, 2.45) is 0 Å². The first-order chi connectivity index (χ1) is 11.7. The number of benzene rings is 1. The lowest BCUT2D eigenvalue weighted by Crippen LogP contribution is -2.34. The Morgan fingerprint density at radius 1 is 1.33 bits per heavy atom. The topological polar surface area (TPSA) is 51.7 Å². The summed E-state index contributed by atoms with van der Waals surface area (Å²) in [5, 5.41) is 0. The van der Waals surface area contributed by atoms with Crippen molar-refractivity contribution in [3.8, 4) is 11.6 Å². The molecule has 0 atom stereocenters. The minimum atomic E-state index is -0.358. The van der Waals surface area contributed by atoms with E-state index in [0.717, 1.165) is 0 Å². The summed E-state index contributed by atoms with van der Waals surface area (Å²) < 4.78 is 24.9. The van der Waals surface area contributed by atoms with Crippen molar-refractivity contribution in [2.75, 3.05) is 19.8 Å². The van der Waals surface area contributed by atoms with Crippen LogP contribution in [0.2, 0.25) is 0 Å². The second kappa shape index (κ2) is 7.29. The molecular weight excluding hydrogens is 311 g/mol. The van der Waals surface area contributed by atoms with E-state index in [1.165, 1.54) is 6.07 Å². The largest absolute Gasteiger partial charge is 0.491 e. The minimum Gasteiger partial charge on any atom is -0.491 e. The highest BCUT2D eigenvalue weighted by Gasteiger charge is 2.22. The van der Waals surface area contributed by atoms with Crippen LogP contribution in [0.1, 0.15) is 18.2 Å². The predicted molar refractivity (Wildman–Crippen MR) is 86.4 cm³/mol. The Morgan fingerprint density at radius 2 is 2.17 bits per heavy atom. The van der Waals surface area contributed by atoms with E-state index >= 15 is 0 Å². The number of hydrogen-bond donors (Lipinski definition) is 0. The molecule has 1 aromatic heterocycles. The fourth-order valence-corrected chi connectivity index (χ4v) is 2.63. The summed E-state index contributed by atoms with van der Waals surface area (Å²) in [5.41, 5.74) is 1.05. The van der Waals surface area contributed by atoms with Crippen molar-refractivity contribution in [3.05, 3.63) is 53.5 Å². The van der Waals surface area contributed by atoms with Crippen LogP contribution in [-0.2, 0) is 17.8 Å². The molecular formula is C18H19FN2O3. The fraction of sp³-hybridized carbons (Fsp3) is 0.333. The number of carbonyl (C=O) groups is 1. The molecule has 0 bridgehead atoms. The Kier molecular flexibility index (Phi) is 4.93. The molecule has 0 fully saturated rings. The van der Waals surface area contributed by atoms with Gasteiger partial charge in [-0.2, -0.15) is 0 Å². The number of hydrogen-bond acceptors (Lipinski definition) is 4. The van der Waals surface area contributed by atoms with E-state index in [9.17, 15) is 9.18 Å². The quantitative estimate of drug-likeness (QED) is 0.865. The number of aromatic nitrogens is 1. The second-order valence-electron chi connectivity index (χ2n) is 5.46. The number of nitrogens with zero attached hydrogens (tertiary/aromatic N) is 2. The molecule has 1 aliphatic rings. The molecule has 6 heteroatoms. The fourth-order valence-electron chi connectivity index (χ4n) is 2.63. The van der Waals surface area contributed by atoms with Gasteiger partial charge < -0.3 is 14.4 Å². The van der Waals surface area contributed by atoms with Gasteiger partial charge in [-0.05, 0) is 25.1 Å². The van der Waals surface area contributed by atoms with Crippen LogP contribution in [0.5, 0.6) is 11.6 Å². The lowest BCUT2D eigenvalue weighted by Gasteiger charge is -2.20. The average molecular weight is 330 g/mol. The molecule has 0 saturated heterocycles. The lowest BCUT2D eigenvalue weighted by molar-refractivity contribution is -0.131. The van der Waals surface area contributed by atoms with Gasteiger partial charge in [0.15, 0.2) is 0 Å². The molecule has 1 aliphatic heterocycles. The van der Waals surface area contributed by atoms with Gasteiger partial charge in [0.2, 0.25) is 11.8 Å². The highest BCUT2D eigenvalue weighted by Crippen LogP contribution is 2.25.